The summed E-state index contributed by atoms with van der Waals surface area (Å²) < 4.78 is 0. The minimum Gasteiger partial charge on any atom is -0.481 e. The van der Waals surface area contributed by atoms with Crippen LogP contribution >= 0.6 is 0 Å². The zero-order valence-corrected chi connectivity index (χ0v) is 10.9. The van der Waals surface area contributed by atoms with Crippen LogP contribution in [0.3, 0.4) is 0 Å². The molecule has 2 rings (SSSR count). The summed E-state index contributed by atoms with van der Waals surface area (Å²) >= 11 is 0. The van der Waals surface area contributed by atoms with Crippen molar-refractivity contribution in [3.8, 4) is 0 Å². The molecule has 0 bridgehead atoms. The van der Waals surface area contributed by atoms with Gasteiger partial charge in [0.05, 0.1) is 0 Å². The quantitative estimate of drug-likeness (QED) is 0.799. The fourth-order valence-corrected chi connectivity index (χ4v) is 2.60. The number of carboxylic acids is 1. The Balaban J connectivity index is 1.65. The highest BCUT2D eigenvalue weighted by molar-refractivity contribution is 5.74. The minimum absolute atomic E-state index is 0.0166. The van der Waals surface area contributed by atoms with Gasteiger partial charge in [-0.2, -0.15) is 0 Å². The van der Waals surface area contributed by atoms with E-state index in [-0.39, 0.29) is 18.4 Å². The molecule has 1 heterocycles. The van der Waals surface area contributed by atoms with E-state index in [1.165, 1.54) is 6.42 Å². The summed E-state index contributed by atoms with van der Waals surface area (Å²) in [4.78, 5) is 24.3. The molecule has 0 radical (unpaired) electrons. The zero-order valence-electron chi connectivity index (χ0n) is 10.9. The van der Waals surface area contributed by atoms with Crippen LogP contribution in [0.1, 0.15) is 32.6 Å². The molecule has 2 amide bonds. The van der Waals surface area contributed by atoms with Crippen molar-refractivity contribution in [3.63, 3.8) is 0 Å². The van der Waals surface area contributed by atoms with Gasteiger partial charge in [-0.1, -0.05) is 6.92 Å². The largest absolute Gasteiger partial charge is 0.481 e. The lowest BCUT2D eigenvalue weighted by Gasteiger charge is -2.31. The summed E-state index contributed by atoms with van der Waals surface area (Å²) in [5.41, 5.74) is 0. The molecule has 0 aromatic carbocycles. The van der Waals surface area contributed by atoms with Gasteiger partial charge in [0, 0.05) is 26.1 Å². The second-order valence-corrected chi connectivity index (χ2v) is 5.69. The number of hydrogen-bond acceptors (Lipinski definition) is 2. The molecule has 0 spiro atoms. The van der Waals surface area contributed by atoms with Gasteiger partial charge >= 0.3 is 12.0 Å². The number of hydrogen-bond donors (Lipinski definition) is 2. The Hall–Kier alpha value is -1.26. The van der Waals surface area contributed by atoms with Crippen molar-refractivity contribution in [2.24, 2.45) is 17.8 Å². The fraction of sp³-hybridized carbons (Fsp3) is 0.846. The first-order chi connectivity index (χ1) is 8.56. The topological polar surface area (TPSA) is 69.6 Å². The molecule has 0 aromatic rings. The zero-order chi connectivity index (χ0) is 13.1. The highest BCUT2D eigenvalue weighted by atomic mass is 16.4. The Morgan fingerprint density at radius 1 is 1.33 bits per heavy atom. The molecule has 5 heteroatoms. The number of aliphatic carboxylic acids is 1. The Morgan fingerprint density at radius 2 is 1.94 bits per heavy atom. The molecular weight excluding hydrogens is 232 g/mol. The highest BCUT2D eigenvalue weighted by Gasteiger charge is 2.33. The van der Waals surface area contributed by atoms with Gasteiger partial charge in [-0.3, -0.25) is 4.79 Å². The SMILES string of the molecule is CC1CC1CNC(=O)N1CCC(CC(=O)O)CC1. The van der Waals surface area contributed by atoms with Crippen LogP contribution in [0.2, 0.25) is 0 Å². The van der Waals surface area contributed by atoms with E-state index in [4.69, 9.17) is 5.11 Å². The number of nitrogens with one attached hydrogen (secondary N) is 1. The van der Waals surface area contributed by atoms with Crippen molar-refractivity contribution < 1.29 is 14.7 Å². The number of amides is 2. The molecule has 102 valence electrons. The van der Waals surface area contributed by atoms with Crippen molar-refractivity contribution in [1.82, 2.24) is 10.2 Å². The normalized spacial score (nSPS) is 27.9. The molecule has 2 atom stereocenters. The smallest absolute Gasteiger partial charge is 0.317 e. The number of urea groups is 1. The molecule has 1 aliphatic carbocycles. The van der Waals surface area contributed by atoms with Crippen molar-refractivity contribution >= 4 is 12.0 Å². The summed E-state index contributed by atoms with van der Waals surface area (Å²) in [5, 5.41) is 11.7. The molecule has 1 saturated carbocycles. The first kappa shape index (κ1) is 13.2. The summed E-state index contributed by atoms with van der Waals surface area (Å²) in [7, 11) is 0. The number of carbonyl (C=O) groups is 2. The van der Waals surface area contributed by atoms with E-state index >= 15 is 0 Å². The first-order valence-electron chi connectivity index (χ1n) is 6.81. The average molecular weight is 254 g/mol. The molecule has 2 N–H and O–H groups in total. The second kappa shape index (κ2) is 5.59. The Bertz CT molecular complexity index is 324. The van der Waals surface area contributed by atoms with Gasteiger partial charge in [0.25, 0.3) is 0 Å². The molecule has 1 aliphatic heterocycles. The molecular formula is C13H22N2O3. The van der Waals surface area contributed by atoms with Crippen molar-refractivity contribution in [3.05, 3.63) is 0 Å². The maximum absolute atomic E-state index is 11.9. The molecule has 2 unspecified atom stereocenters. The van der Waals surface area contributed by atoms with Gasteiger partial charge < -0.3 is 15.3 Å². The fourth-order valence-electron chi connectivity index (χ4n) is 2.60. The number of carboxylic acid groups (broad SMARTS) is 1. The third-order valence-corrected chi connectivity index (χ3v) is 4.16. The summed E-state index contributed by atoms with van der Waals surface area (Å²) in [6, 6.07) is 0.0166. The summed E-state index contributed by atoms with van der Waals surface area (Å²) in [6.45, 7) is 4.36. The lowest BCUT2D eigenvalue weighted by atomic mass is 9.94. The number of likely N-dealkylation sites (tertiary alicyclic amines) is 1. The van der Waals surface area contributed by atoms with Crippen LogP contribution in [0.25, 0.3) is 0 Å². The Labute approximate surface area is 108 Å². The average Bonchev–Trinajstić information content (AvgIpc) is 3.02. The van der Waals surface area contributed by atoms with Crippen LogP contribution < -0.4 is 5.32 Å². The monoisotopic (exact) mass is 254 g/mol. The van der Waals surface area contributed by atoms with Gasteiger partial charge in [-0.15, -0.1) is 0 Å². The third-order valence-electron chi connectivity index (χ3n) is 4.16. The molecule has 5 nitrogen and oxygen atoms in total. The van der Waals surface area contributed by atoms with E-state index in [0.717, 1.165) is 25.3 Å². The van der Waals surface area contributed by atoms with E-state index in [9.17, 15) is 9.59 Å². The Morgan fingerprint density at radius 3 is 2.44 bits per heavy atom. The predicted octanol–water partition coefficient (Wildman–Crippen LogP) is 1.54. The van der Waals surface area contributed by atoms with Crippen LogP contribution in [-0.2, 0) is 4.79 Å². The lowest BCUT2D eigenvalue weighted by Crippen LogP contribution is -2.45. The van der Waals surface area contributed by atoms with E-state index in [0.29, 0.717) is 19.0 Å². The molecule has 1 saturated heterocycles. The highest BCUT2D eigenvalue weighted by Crippen LogP contribution is 2.36. The van der Waals surface area contributed by atoms with Crippen LogP contribution in [0.5, 0.6) is 0 Å². The number of rotatable bonds is 4. The lowest BCUT2D eigenvalue weighted by molar-refractivity contribution is -0.138. The van der Waals surface area contributed by atoms with Gasteiger partial charge in [0.2, 0.25) is 0 Å². The van der Waals surface area contributed by atoms with Crippen LogP contribution in [0.15, 0.2) is 0 Å². The maximum atomic E-state index is 11.9. The molecule has 0 aromatic heterocycles. The molecule has 18 heavy (non-hydrogen) atoms. The van der Waals surface area contributed by atoms with Gasteiger partial charge in [0.15, 0.2) is 0 Å². The van der Waals surface area contributed by atoms with Crippen LogP contribution in [-0.4, -0.2) is 41.6 Å². The summed E-state index contributed by atoms with van der Waals surface area (Å²) in [6.07, 6.45) is 3.06. The van der Waals surface area contributed by atoms with E-state index in [2.05, 4.69) is 12.2 Å². The van der Waals surface area contributed by atoms with Crippen molar-refractivity contribution in [2.75, 3.05) is 19.6 Å². The molecule has 2 fully saturated rings. The van der Waals surface area contributed by atoms with Gasteiger partial charge in [-0.25, -0.2) is 4.79 Å². The van der Waals surface area contributed by atoms with E-state index in [1.807, 2.05) is 4.90 Å². The number of carbonyl (C=O) groups excluding carboxylic acids is 1. The predicted molar refractivity (Wildman–Crippen MR) is 67.2 cm³/mol. The minimum atomic E-state index is -0.736. The third kappa shape index (κ3) is 3.62. The van der Waals surface area contributed by atoms with Crippen molar-refractivity contribution in [2.45, 2.75) is 32.6 Å². The summed E-state index contributed by atoms with van der Waals surface area (Å²) in [5.74, 6) is 0.917. The molecule has 2 aliphatic rings. The van der Waals surface area contributed by atoms with Gasteiger partial charge in [0.1, 0.15) is 0 Å². The number of nitrogens with zero attached hydrogens (tertiary/aromatic N) is 1. The second-order valence-electron chi connectivity index (χ2n) is 5.69. The van der Waals surface area contributed by atoms with E-state index in [1.54, 1.807) is 0 Å². The Kier molecular flexibility index (Phi) is 4.09. The number of piperidine rings is 1. The van der Waals surface area contributed by atoms with E-state index < -0.39 is 5.97 Å². The van der Waals surface area contributed by atoms with Crippen LogP contribution in [0, 0.1) is 17.8 Å². The standard InChI is InChI=1S/C13H22N2O3/c1-9-6-11(9)8-14-13(18)15-4-2-10(3-5-15)7-12(16)17/h9-11H,2-8H2,1H3,(H,14,18)(H,16,17). The van der Waals surface area contributed by atoms with Gasteiger partial charge in [-0.05, 0) is 37.0 Å². The van der Waals surface area contributed by atoms with Crippen molar-refractivity contribution in [1.29, 1.82) is 0 Å². The first-order valence-corrected chi connectivity index (χ1v) is 6.81. The maximum Gasteiger partial charge on any atom is 0.317 e. The van der Waals surface area contributed by atoms with Crippen LogP contribution in [0.4, 0.5) is 4.79 Å².